The van der Waals surface area contributed by atoms with Gasteiger partial charge in [-0.2, -0.15) is 5.10 Å². The summed E-state index contributed by atoms with van der Waals surface area (Å²) in [7, 11) is 1.65. The number of aromatic nitrogens is 2. The molecular weight excluding hydrogens is 323 g/mol. The van der Waals surface area contributed by atoms with E-state index in [0.717, 1.165) is 37.2 Å². The summed E-state index contributed by atoms with van der Waals surface area (Å²) < 4.78 is 14.1. The van der Waals surface area contributed by atoms with Crippen LogP contribution in [0.15, 0.2) is 41.3 Å². The van der Waals surface area contributed by atoms with Crippen LogP contribution in [0.1, 0.15) is 18.4 Å². The summed E-state index contributed by atoms with van der Waals surface area (Å²) in [6, 6.07) is 7.52. The van der Waals surface area contributed by atoms with Crippen LogP contribution >= 0.6 is 0 Å². The molecule has 1 aromatic heterocycles. The fourth-order valence-electron chi connectivity index (χ4n) is 2.89. The van der Waals surface area contributed by atoms with Gasteiger partial charge in [0.15, 0.2) is 0 Å². The van der Waals surface area contributed by atoms with Crippen molar-refractivity contribution < 1.29 is 9.18 Å². The number of nitrogens with zero attached hydrogens (tertiary/aromatic N) is 4. The van der Waals surface area contributed by atoms with Gasteiger partial charge in [0.05, 0.1) is 11.9 Å². The summed E-state index contributed by atoms with van der Waals surface area (Å²) in [5.41, 5.74) is 1.35. The average molecular weight is 344 g/mol. The van der Waals surface area contributed by atoms with Crippen LogP contribution in [0.4, 0.5) is 10.1 Å². The first-order valence-corrected chi connectivity index (χ1v) is 8.33. The topological polar surface area (TPSA) is 58.4 Å². The molecule has 0 unspecified atom stereocenters. The number of carbonyl (C=O) groups excluding carboxylic acids is 1. The maximum atomic E-state index is 12.9. The van der Waals surface area contributed by atoms with Crippen LogP contribution in [0.5, 0.6) is 0 Å². The Kier molecular flexibility index (Phi) is 5.11. The SMILES string of the molecule is CN(Cc1ccc(F)cc1)C(=O)Cn1ncc(N2CCCC2)cc1=O. The minimum atomic E-state index is -0.313. The van der Waals surface area contributed by atoms with E-state index >= 15 is 0 Å². The second kappa shape index (κ2) is 7.46. The van der Waals surface area contributed by atoms with Gasteiger partial charge < -0.3 is 9.80 Å². The van der Waals surface area contributed by atoms with Crippen molar-refractivity contribution in [1.82, 2.24) is 14.7 Å². The van der Waals surface area contributed by atoms with Crippen LogP contribution in [0, 0.1) is 5.82 Å². The summed E-state index contributed by atoms with van der Waals surface area (Å²) >= 11 is 0. The number of anilines is 1. The Morgan fingerprint density at radius 3 is 2.56 bits per heavy atom. The molecule has 132 valence electrons. The van der Waals surface area contributed by atoms with Crippen LogP contribution < -0.4 is 10.5 Å². The number of hydrogen-bond donors (Lipinski definition) is 0. The number of amides is 1. The van der Waals surface area contributed by atoms with Crippen LogP contribution in [0.2, 0.25) is 0 Å². The van der Waals surface area contributed by atoms with E-state index in [4.69, 9.17) is 0 Å². The highest BCUT2D eigenvalue weighted by atomic mass is 19.1. The van der Waals surface area contributed by atoms with Crippen molar-refractivity contribution in [3.8, 4) is 0 Å². The Bertz CT molecular complexity index is 797. The van der Waals surface area contributed by atoms with Gasteiger partial charge in [0.25, 0.3) is 5.56 Å². The first kappa shape index (κ1) is 17.1. The molecule has 3 rings (SSSR count). The zero-order valence-electron chi connectivity index (χ0n) is 14.2. The van der Waals surface area contributed by atoms with E-state index in [1.807, 2.05) is 0 Å². The predicted molar refractivity (Wildman–Crippen MR) is 92.8 cm³/mol. The second-order valence-electron chi connectivity index (χ2n) is 6.28. The smallest absolute Gasteiger partial charge is 0.269 e. The van der Waals surface area contributed by atoms with Crippen molar-refractivity contribution in [2.75, 3.05) is 25.0 Å². The van der Waals surface area contributed by atoms with Crippen molar-refractivity contribution in [2.24, 2.45) is 0 Å². The Morgan fingerprint density at radius 1 is 1.24 bits per heavy atom. The van der Waals surface area contributed by atoms with E-state index in [0.29, 0.717) is 6.54 Å². The molecular formula is C18H21FN4O2. The highest BCUT2D eigenvalue weighted by molar-refractivity contribution is 5.75. The number of rotatable bonds is 5. The van der Waals surface area contributed by atoms with Crippen LogP contribution in [-0.2, 0) is 17.9 Å². The Hall–Kier alpha value is -2.70. The molecule has 1 aromatic carbocycles. The lowest BCUT2D eigenvalue weighted by Crippen LogP contribution is -2.35. The first-order chi connectivity index (χ1) is 12.0. The number of hydrogen-bond acceptors (Lipinski definition) is 4. The van der Waals surface area contributed by atoms with E-state index < -0.39 is 0 Å². The molecule has 1 aliphatic heterocycles. The van der Waals surface area contributed by atoms with Gasteiger partial charge in [0.1, 0.15) is 12.4 Å². The Morgan fingerprint density at radius 2 is 1.92 bits per heavy atom. The fourth-order valence-corrected chi connectivity index (χ4v) is 2.89. The molecule has 1 saturated heterocycles. The van der Waals surface area contributed by atoms with Crippen molar-refractivity contribution in [1.29, 1.82) is 0 Å². The minimum Gasteiger partial charge on any atom is -0.370 e. The Labute approximate surface area is 145 Å². The monoisotopic (exact) mass is 344 g/mol. The van der Waals surface area contributed by atoms with Gasteiger partial charge in [-0.25, -0.2) is 9.07 Å². The lowest BCUT2D eigenvalue weighted by atomic mass is 10.2. The second-order valence-corrected chi connectivity index (χ2v) is 6.28. The minimum absolute atomic E-state index is 0.114. The molecule has 0 aliphatic carbocycles. The lowest BCUT2D eigenvalue weighted by Gasteiger charge is -2.19. The van der Waals surface area contributed by atoms with Crippen LogP contribution in [-0.4, -0.2) is 40.7 Å². The maximum absolute atomic E-state index is 12.9. The van der Waals surface area contributed by atoms with Crippen LogP contribution in [0.3, 0.4) is 0 Å². The molecule has 1 fully saturated rings. The summed E-state index contributed by atoms with van der Waals surface area (Å²) in [6.07, 6.45) is 3.88. The third kappa shape index (κ3) is 4.23. The molecule has 1 aliphatic rings. The van der Waals surface area contributed by atoms with Crippen molar-refractivity contribution in [2.45, 2.75) is 25.9 Å². The van der Waals surface area contributed by atoms with Gasteiger partial charge in [-0.05, 0) is 30.5 Å². The van der Waals surface area contributed by atoms with Gasteiger partial charge in [-0.1, -0.05) is 12.1 Å². The first-order valence-electron chi connectivity index (χ1n) is 8.33. The molecule has 0 radical (unpaired) electrons. The molecule has 25 heavy (non-hydrogen) atoms. The van der Waals surface area contributed by atoms with E-state index in [-0.39, 0.29) is 23.8 Å². The number of carbonyl (C=O) groups is 1. The fraction of sp³-hybridized carbons (Fsp3) is 0.389. The molecule has 7 heteroatoms. The number of benzene rings is 1. The van der Waals surface area contributed by atoms with Crippen molar-refractivity contribution in [3.63, 3.8) is 0 Å². The van der Waals surface area contributed by atoms with E-state index in [2.05, 4.69) is 10.00 Å². The van der Waals surface area contributed by atoms with Crippen molar-refractivity contribution in [3.05, 3.63) is 58.3 Å². The highest BCUT2D eigenvalue weighted by Gasteiger charge is 2.16. The van der Waals surface area contributed by atoms with Gasteiger partial charge in [-0.3, -0.25) is 9.59 Å². The third-order valence-corrected chi connectivity index (χ3v) is 4.37. The molecule has 2 heterocycles. The predicted octanol–water partition coefficient (Wildman–Crippen LogP) is 1.64. The molecule has 0 atom stereocenters. The molecule has 2 aromatic rings. The number of likely N-dealkylation sites (N-methyl/N-ethyl adjacent to an activating group) is 1. The average Bonchev–Trinajstić information content (AvgIpc) is 3.13. The zero-order chi connectivity index (χ0) is 17.8. The van der Waals surface area contributed by atoms with Crippen LogP contribution in [0.25, 0.3) is 0 Å². The van der Waals surface area contributed by atoms with E-state index in [1.54, 1.807) is 25.4 Å². The molecule has 0 N–H and O–H groups in total. The summed E-state index contributed by atoms with van der Waals surface area (Å²) in [5, 5.41) is 4.13. The van der Waals surface area contributed by atoms with Gasteiger partial charge >= 0.3 is 0 Å². The molecule has 0 bridgehead atoms. The quantitative estimate of drug-likeness (QED) is 0.827. The van der Waals surface area contributed by atoms with Gasteiger partial charge in [0, 0.05) is 32.7 Å². The van der Waals surface area contributed by atoms with Crippen molar-refractivity contribution >= 4 is 11.6 Å². The molecule has 0 spiro atoms. The summed E-state index contributed by atoms with van der Waals surface area (Å²) in [6.45, 7) is 2.10. The largest absolute Gasteiger partial charge is 0.370 e. The highest BCUT2D eigenvalue weighted by Crippen LogP contribution is 2.16. The number of halogens is 1. The lowest BCUT2D eigenvalue weighted by molar-refractivity contribution is -0.131. The maximum Gasteiger partial charge on any atom is 0.269 e. The van der Waals surface area contributed by atoms with Gasteiger partial charge in [-0.15, -0.1) is 0 Å². The molecule has 6 nitrogen and oxygen atoms in total. The van der Waals surface area contributed by atoms with E-state index in [9.17, 15) is 14.0 Å². The molecule has 1 amide bonds. The standard InChI is InChI=1S/C18H21FN4O2/c1-21(12-14-4-6-15(19)7-5-14)18(25)13-23-17(24)10-16(11-20-23)22-8-2-3-9-22/h4-7,10-11H,2-3,8-9,12-13H2,1H3. The van der Waals surface area contributed by atoms with E-state index in [1.165, 1.54) is 27.8 Å². The zero-order valence-corrected chi connectivity index (χ0v) is 14.2. The third-order valence-electron chi connectivity index (χ3n) is 4.37. The van der Waals surface area contributed by atoms with Gasteiger partial charge in [0.2, 0.25) is 5.91 Å². The Balaban J connectivity index is 1.63. The summed E-state index contributed by atoms with van der Waals surface area (Å²) in [4.78, 5) is 28.2. The molecule has 0 saturated carbocycles. The summed E-state index contributed by atoms with van der Waals surface area (Å²) in [5.74, 6) is -0.542. The normalized spacial score (nSPS) is 13.9.